The molecule has 0 aromatic heterocycles. The molecule has 1 aromatic carbocycles. The van der Waals surface area contributed by atoms with Gasteiger partial charge in [0.1, 0.15) is 5.75 Å². The highest BCUT2D eigenvalue weighted by Crippen LogP contribution is 2.33. The van der Waals surface area contributed by atoms with Gasteiger partial charge in [0, 0.05) is 34.8 Å². The number of hydrogen-bond acceptors (Lipinski definition) is 3. The molecule has 2 aliphatic rings. The van der Waals surface area contributed by atoms with Crippen LogP contribution in [-0.2, 0) is 13.0 Å². The number of nitrogens with one attached hydrogen (secondary N) is 1. The van der Waals surface area contributed by atoms with Crippen molar-refractivity contribution in [3.05, 3.63) is 28.3 Å². The van der Waals surface area contributed by atoms with Gasteiger partial charge < -0.3 is 10.1 Å². The largest absolute Gasteiger partial charge is 0.493 e. The molecule has 0 bridgehead atoms. The van der Waals surface area contributed by atoms with Crippen LogP contribution in [0.2, 0.25) is 5.02 Å². The topological polar surface area (TPSA) is 21.3 Å². The first kappa shape index (κ1) is 14.6. The molecule has 1 aliphatic carbocycles. The number of thioether (sulfide) groups is 1. The second kappa shape index (κ2) is 6.59. The standard InChI is InChI=1S/C16H22ClNOS/c1-20-15-4-2-3-14(9-15)18-10-12-8-13(17)7-11-5-6-19-16(11)12/h7-8,14-15,18H,2-6,9-10H2,1H3. The Hall–Kier alpha value is -0.380. The Bertz CT molecular complexity index is 480. The molecule has 4 heteroatoms. The predicted molar refractivity (Wildman–Crippen MR) is 87.0 cm³/mol. The van der Waals surface area contributed by atoms with Crippen LogP contribution in [0.5, 0.6) is 5.75 Å². The van der Waals surface area contributed by atoms with E-state index in [0.29, 0.717) is 6.04 Å². The zero-order valence-corrected chi connectivity index (χ0v) is 13.5. The van der Waals surface area contributed by atoms with Crippen molar-refractivity contribution in [1.29, 1.82) is 0 Å². The quantitative estimate of drug-likeness (QED) is 0.907. The summed E-state index contributed by atoms with van der Waals surface area (Å²) < 4.78 is 5.76. The van der Waals surface area contributed by atoms with Crippen LogP contribution in [0.3, 0.4) is 0 Å². The number of rotatable bonds is 4. The van der Waals surface area contributed by atoms with E-state index in [1.165, 1.54) is 36.8 Å². The molecule has 0 radical (unpaired) electrons. The maximum atomic E-state index is 6.21. The third kappa shape index (κ3) is 3.26. The van der Waals surface area contributed by atoms with Gasteiger partial charge in [-0.1, -0.05) is 18.0 Å². The number of ether oxygens (including phenoxy) is 1. The molecule has 1 N–H and O–H groups in total. The minimum atomic E-state index is 0.636. The van der Waals surface area contributed by atoms with E-state index in [1.807, 2.05) is 23.9 Å². The summed E-state index contributed by atoms with van der Waals surface area (Å²) >= 11 is 8.22. The maximum absolute atomic E-state index is 6.21. The Morgan fingerprint density at radius 1 is 1.40 bits per heavy atom. The average Bonchev–Trinajstić information content (AvgIpc) is 2.93. The highest BCUT2D eigenvalue weighted by atomic mass is 35.5. The lowest BCUT2D eigenvalue weighted by atomic mass is 9.94. The van der Waals surface area contributed by atoms with Gasteiger partial charge in [0.05, 0.1) is 6.61 Å². The minimum absolute atomic E-state index is 0.636. The SMILES string of the molecule is CSC1CCCC(NCc2cc(Cl)cc3c2OCC3)C1. The van der Waals surface area contributed by atoms with E-state index >= 15 is 0 Å². The molecule has 2 nitrogen and oxygen atoms in total. The lowest BCUT2D eigenvalue weighted by Gasteiger charge is -2.29. The maximum Gasteiger partial charge on any atom is 0.127 e. The van der Waals surface area contributed by atoms with Crippen molar-refractivity contribution in [2.75, 3.05) is 12.9 Å². The normalized spacial score (nSPS) is 25.3. The first-order valence-electron chi connectivity index (χ1n) is 7.46. The van der Waals surface area contributed by atoms with Crippen molar-refractivity contribution in [3.8, 4) is 5.75 Å². The van der Waals surface area contributed by atoms with Crippen LogP contribution in [0.4, 0.5) is 0 Å². The monoisotopic (exact) mass is 311 g/mol. The Balaban J connectivity index is 1.64. The summed E-state index contributed by atoms with van der Waals surface area (Å²) in [6.07, 6.45) is 8.50. The van der Waals surface area contributed by atoms with Gasteiger partial charge in [0.15, 0.2) is 0 Å². The van der Waals surface area contributed by atoms with Crippen molar-refractivity contribution in [2.24, 2.45) is 0 Å². The van der Waals surface area contributed by atoms with E-state index in [4.69, 9.17) is 16.3 Å². The van der Waals surface area contributed by atoms with Gasteiger partial charge in [-0.05, 0) is 43.2 Å². The van der Waals surface area contributed by atoms with E-state index < -0.39 is 0 Å². The molecule has 0 spiro atoms. The van der Waals surface area contributed by atoms with Gasteiger partial charge in [-0.3, -0.25) is 0 Å². The van der Waals surface area contributed by atoms with Crippen molar-refractivity contribution < 1.29 is 4.74 Å². The third-order valence-electron chi connectivity index (χ3n) is 4.37. The zero-order chi connectivity index (χ0) is 13.9. The molecular formula is C16H22ClNOS. The Kier molecular flexibility index (Phi) is 4.79. The fourth-order valence-corrected chi connectivity index (χ4v) is 4.37. The minimum Gasteiger partial charge on any atom is -0.493 e. The summed E-state index contributed by atoms with van der Waals surface area (Å²) in [5.74, 6) is 1.07. The van der Waals surface area contributed by atoms with E-state index in [2.05, 4.69) is 11.6 Å². The average molecular weight is 312 g/mol. The summed E-state index contributed by atoms with van der Waals surface area (Å²) in [6.45, 7) is 1.66. The molecule has 0 amide bonds. The smallest absolute Gasteiger partial charge is 0.127 e. The number of benzene rings is 1. The molecule has 2 unspecified atom stereocenters. The molecule has 1 saturated carbocycles. The van der Waals surface area contributed by atoms with Gasteiger partial charge in [-0.15, -0.1) is 0 Å². The summed E-state index contributed by atoms with van der Waals surface area (Å²) in [5, 5.41) is 5.36. The van der Waals surface area contributed by atoms with E-state index in [0.717, 1.165) is 35.6 Å². The zero-order valence-electron chi connectivity index (χ0n) is 12.0. The molecular weight excluding hydrogens is 290 g/mol. The summed E-state index contributed by atoms with van der Waals surface area (Å²) in [5.41, 5.74) is 2.48. The number of halogens is 1. The summed E-state index contributed by atoms with van der Waals surface area (Å²) in [6, 6.07) is 4.72. The number of hydrogen-bond donors (Lipinski definition) is 1. The molecule has 1 aliphatic heterocycles. The van der Waals surface area contributed by atoms with Gasteiger partial charge in [0.25, 0.3) is 0 Å². The van der Waals surface area contributed by atoms with Crippen LogP contribution in [0.1, 0.15) is 36.8 Å². The van der Waals surface area contributed by atoms with Crippen LogP contribution >= 0.6 is 23.4 Å². The van der Waals surface area contributed by atoms with E-state index in [-0.39, 0.29) is 0 Å². The Morgan fingerprint density at radius 3 is 3.15 bits per heavy atom. The van der Waals surface area contributed by atoms with Crippen molar-refractivity contribution >= 4 is 23.4 Å². The van der Waals surface area contributed by atoms with Crippen LogP contribution < -0.4 is 10.1 Å². The predicted octanol–water partition coefficient (Wildman–Crippen LogP) is 4.04. The molecule has 1 heterocycles. The fraction of sp³-hybridized carbons (Fsp3) is 0.625. The van der Waals surface area contributed by atoms with Crippen LogP contribution in [0, 0.1) is 0 Å². The molecule has 3 rings (SSSR count). The van der Waals surface area contributed by atoms with Gasteiger partial charge in [-0.25, -0.2) is 0 Å². The lowest BCUT2D eigenvalue weighted by Crippen LogP contribution is -2.34. The first-order chi connectivity index (χ1) is 9.76. The highest BCUT2D eigenvalue weighted by Gasteiger charge is 2.22. The van der Waals surface area contributed by atoms with E-state index in [1.54, 1.807) is 0 Å². The molecule has 20 heavy (non-hydrogen) atoms. The van der Waals surface area contributed by atoms with Crippen molar-refractivity contribution in [2.45, 2.75) is 49.9 Å². The molecule has 1 aromatic rings. The second-order valence-electron chi connectivity index (χ2n) is 5.75. The molecule has 110 valence electrons. The van der Waals surface area contributed by atoms with Crippen LogP contribution in [-0.4, -0.2) is 24.2 Å². The summed E-state index contributed by atoms with van der Waals surface area (Å²) in [4.78, 5) is 0. The number of fused-ring (bicyclic) bond motifs is 1. The summed E-state index contributed by atoms with van der Waals surface area (Å²) in [7, 11) is 0. The molecule has 2 atom stereocenters. The molecule has 0 saturated heterocycles. The Labute approximate surface area is 130 Å². The Morgan fingerprint density at radius 2 is 2.30 bits per heavy atom. The van der Waals surface area contributed by atoms with Gasteiger partial charge in [0.2, 0.25) is 0 Å². The van der Waals surface area contributed by atoms with Crippen LogP contribution in [0.25, 0.3) is 0 Å². The lowest BCUT2D eigenvalue weighted by molar-refractivity contribution is 0.346. The molecule has 1 fully saturated rings. The van der Waals surface area contributed by atoms with Crippen LogP contribution in [0.15, 0.2) is 12.1 Å². The fourth-order valence-electron chi connectivity index (χ4n) is 3.28. The second-order valence-corrected chi connectivity index (χ2v) is 7.33. The van der Waals surface area contributed by atoms with Gasteiger partial charge in [-0.2, -0.15) is 11.8 Å². The van der Waals surface area contributed by atoms with Gasteiger partial charge >= 0.3 is 0 Å². The third-order valence-corrected chi connectivity index (χ3v) is 5.68. The van der Waals surface area contributed by atoms with E-state index in [9.17, 15) is 0 Å². The highest BCUT2D eigenvalue weighted by molar-refractivity contribution is 7.99. The van der Waals surface area contributed by atoms with Crippen molar-refractivity contribution in [1.82, 2.24) is 5.32 Å². The van der Waals surface area contributed by atoms with Crippen molar-refractivity contribution in [3.63, 3.8) is 0 Å². The first-order valence-corrected chi connectivity index (χ1v) is 9.13.